The van der Waals surface area contributed by atoms with Gasteiger partial charge in [0, 0.05) is 18.8 Å². The Morgan fingerprint density at radius 1 is 1.22 bits per heavy atom. The lowest BCUT2D eigenvalue weighted by molar-refractivity contribution is -0.123. The average molecular weight is 367 g/mol. The van der Waals surface area contributed by atoms with E-state index in [-0.39, 0.29) is 18.6 Å². The zero-order chi connectivity index (χ0) is 19.2. The van der Waals surface area contributed by atoms with E-state index in [1.165, 1.54) is 18.5 Å². The zero-order valence-electron chi connectivity index (χ0n) is 16.6. The van der Waals surface area contributed by atoms with Crippen molar-refractivity contribution in [3.05, 3.63) is 59.7 Å². The highest BCUT2D eigenvalue weighted by Gasteiger charge is 2.17. The fourth-order valence-corrected chi connectivity index (χ4v) is 3.63. The molecule has 4 heteroatoms. The smallest absolute Gasteiger partial charge is 0.258 e. The van der Waals surface area contributed by atoms with Gasteiger partial charge in [-0.05, 0) is 61.9 Å². The minimum atomic E-state index is -0.111. The van der Waals surface area contributed by atoms with Crippen molar-refractivity contribution < 1.29 is 9.53 Å². The number of para-hydroxylation sites is 1. The maximum absolute atomic E-state index is 12.2. The number of ether oxygens (including phenoxy) is 1. The molecule has 1 amide bonds. The van der Waals surface area contributed by atoms with E-state index in [9.17, 15) is 4.79 Å². The number of piperidine rings is 1. The van der Waals surface area contributed by atoms with Gasteiger partial charge in [-0.25, -0.2) is 0 Å². The van der Waals surface area contributed by atoms with Crippen LogP contribution in [0.2, 0.25) is 0 Å². The molecule has 4 nitrogen and oxygen atoms in total. The fraction of sp³-hybridized carbons (Fsp3) is 0.435. The number of amides is 1. The Labute approximate surface area is 162 Å². The summed E-state index contributed by atoms with van der Waals surface area (Å²) in [6, 6.07) is 16.2. The van der Waals surface area contributed by atoms with Crippen LogP contribution in [0, 0.1) is 12.8 Å². The molecule has 0 aliphatic carbocycles. The van der Waals surface area contributed by atoms with Gasteiger partial charge in [-0.2, -0.15) is 0 Å². The van der Waals surface area contributed by atoms with E-state index in [4.69, 9.17) is 4.74 Å². The Balaban J connectivity index is 1.52. The molecular formula is C23H30N2O2. The van der Waals surface area contributed by atoms with Crippen LogP contribution in [0.4, 0.5) is 5.69 Å². The topological polar surface area (TPSA) is 41.6 Å². The Morgan fingerprint density at radius 2 is 1.96 bits per heavy atom. The van der Waals surface area contributed by atoms with Crippen molar-refractivity contribution in [1.82, 2.24) is 5.32 Å². The predicted molar refractivity (Wildman–Crippen MR) is 110 cm³/mol. The quantitative estimate of drug-likeness (QED) is 0.819. The molecule has 0 aromatic heterocycles. The molecule has 0 radical (unpaired) electrons. The van der Waals surface area contributed by atoms with E-state index in [0.717, 1.165) is 35.9 Å². The molecule has 2 aromatic rings. The lowest BCUT2D eigenvalue weighted by Crippen LogP contribution is -2.34. The highest BCUT2D eigenvalue weighted by molar-refractivity contribution is 5.78. The third-order valence-electron chi connectivity index (χ3n) is 5.25. The van der Waals surface area contributed by atoms with Crippen molar-refractivity contribution in [2.24, 2.45) is 5.92 Å². The summed E-state index contributed by atoms with van der Waals surface area (Å²) in [6.45, 7) is 8.58. The minimum absolute atomic E-state index is 0.0267. The highest BCUT2D eigenvalue weighted by Crippen LogP contribution is 2.24. The van der Waals surface area contributed by atoms with Crippen LogP contribution in [-0.4, -0.2) is 25.6 Å². The van der Waals surface area contributed by atoms with Gasteiger partial charge in [0.2, 0.25) is 0 Å². The van der Waals surface area contributed by atoms with Crippen LogP contribution in [-0.2, 0) is 4.79 Å². The molecule has 2 aromatic carbocycles. The van der Waals surface area contributed by atoms with Crippen LogP contribution in [0.1, 0.15) is 43.9 Å². The van der Waals surface area contributed by atoms with Gasteiger partial charge in [-0.15, -0.1) is 0 Å². The first-order chi connectivity index (χ1) is 13.0. The Bertz CT molecular complexity index is 757. The standard InChI is InChI=1S/C23H30N2O2/c1-17-7-6-14-25(15-17)21-12-10-20(11-13-21)19(3)24-23(26)16-27-22-9-5-4-8-18(22)2/h4-5,8-13,17,19H,6-7,14-16H2,1-3H3,(H,24,26). The van der Waals surface area contributed by atoms with Crippen LogP contribution in [0.25, 0.3) is 0 Å². The summed E-state index contributed by atoms with van der Waals surface area (Å²) in [5.41, 5.74) is 3.40. The van der Waals surface area contributed by atoms with Gasteiger partial charge >= 0.3 is 0 Å². The largest absolute Gasteiger partial charge is 0.484 e. The monoisotopic (exact) mass is 366 g/mol. The Kier molecular flexibility index (Phi) is 6.38. The molecule has 0 bridgehead atoms. The van der Waals surface area contributed by atoms with E-state index >= 15 is 0 Å². The van der Waals surface area contributed by atoms with E-state index < -0.39 is 0 Å². The first kappa shape index (κ1) is 19.3. The summed E-state index contributed by atoms with van der Waals surface area (Å²) in [5.74, 6) is 1.39. The number of nitrogens with zero attached hydrogens (tertiary/aromatic N) is 1. The number of hydrogen-bond donors (Lipinski definition) is 1. The van der Waals surface area contributed by atoms with Crippen LogP contribution in [0.5, 0.6) is 5.75 Å². The molecule has 2 unspecified atom stereocenters. The van der Waals surface area contributed by atoms with Crippen molar-refractivity contribution in [2.45, 2.75) is 39.7 Å². The summed E-state index contributed by atoms with van der Waals surface area (Å²) in [6.07, 6.45) is 2.58. The summed E-state index contributed by atoms with van der Waals surface area (Å²) < 4.78 is 5.63. The van der Waals surface area contributed by atoms with E-state index in [2.05, 4.69) is 41.4 Å². The second-order valence-electron chi connectivity index (χ2n) is 7.63. The molecule has 2 atom stereocenters. The summed E-state index contributed by atoms with van der Waals surface area (Å²) in [5, 5.41) is 3.01. The van der Waals surface area contributed by atoms with E-state index in [1.807, 2.05) is 38.1 Å². The Morgan fingerprint density at radius 3 is 2.67 bits per heavy atom. The molecule has 1 fully saturated rings. The average Bonchev–Trinajstić information content (AvgIpc) is 2.67. The molecule has 0 spiro atoms. The predicted octanol–water partition coefficient (Wildman–Crippen LogP) is 4.49. The summed E-state index contributed by atoms with van der Waals surface area (Å²) in [4.78, 5) is 14.7. The lowest BCUT2D eigenvalue weighted by Gasteiger charge is -2.33. The first-order valence-corrected chi connectivity index (χ1v) is 9.85. The minimum Gasteiger partial charge on any atom is -0.484 e. The van der Waals surface area contributed by atoms with Gasteiger partial charge < -0.3 is 15.0 Å². The molecule has 3 rings (SSSR count). The van der Waals surface area contributed by atoms with Crippen molar-refractivity contribution in [1.29, 1.82) is 0 Å². The first-order valence-electron chi connectivity index (χ1n) is 9.85. The molecule has 1 N–H and O–H groups in total. The number of anilines is 1. The van der Waals surface area contributed by atoms with Crippen LogP contribution < -0.4 is 15.0 Å². The number of carbonyl (C=O) groups excluding carboxylic acids is 1. The van der Waals surface area contributed by atoms with Gasteiger partial charge in [-0.1, -0.05) is 37.3 Å². The van der Waals surface area contributed by atoms with Gasteiger partial charge in [0.1, 0.15) is 5.75 Å². The molecule has 1 saturated heterocycles. The Hall–Kier alpha value is -2.49. The van der Waals surface area contributed by atoms with Crippen molar-refractivity contribution in [3.63, 3.8) is 0 Å². The maximum atomic E-state index is 12.2. The third kappa shape index (κ3) is 5.25. The van der Waals surface area contributed by atoms with Crippen molar-refractivity contribution in [2.75, 3.05) is 24.6 Å². The number of carbonyl (C=O) groups is 1. The number of aryl methyl sites for hydroxylation is 1. The molecule has 0 saturated carbocycles. The van der Waals surface area contributed by atoms with E-state index in [0.29, 0.717) is 0 Å². The van der Waals surface area contributed by atoms with Gasteiger partial charge in [0.25, 0.3) is 5.91 Å². The van der Waals surface area contributed by atoms with Crippen molar-refractivity contribution in [3.8, 4) is 5.75 Å². The molecule has 1 aliphatic rings. The number of hydrogen-bond acceptors (Lipinski definition) is 3. The number of nitrogens with one attached hydrogen (secondary N) is 1. The van der Waals surface area contributed by atoms with Crippen LogP contribution in [0.15, 0.2) is 48.5 Å². The summed E-state index contributed by atoms with van der Waals surface area (Å²) in [7, 11) is 0. The van der Waals surface area contributed by atoms with Gasteiger partial charge in [0.05, 0.1) is 6.04 Å². The molecule has 1 aliphatic heterocycles. The number of benzene rings is 2. The molecule has 27 heavy (non-hydrogen) atoms. The SMILES string of the molecule is Cc1ccccc1OCC(=O)NC(C)c1ccc(N2CCCC(C)C2)cc1. The third-order valence-corrected chi connectivity index (χ3v) is 5.25. The molecule has 1 heterocycles. The van der Waals surface area contributed by atoms with Crippen LogP contribution >= 0.6 is 0 Å². The van der Waals surface area contributed by atoms with Gasteiger partial charge in [0.15, 0.2) is 6.61 Å². The second kappa shape index (κ2) is 8.94. The molecular weight excluding hydrogens is 336 g/mol. The maximum Gasteiger partial charge on any atom is 0.258 e. The van der Waals surface area contributed by atoms with Gasteiger partial charge in [-0.3, -0.25) is 4.79 Å². The van der Waals surface area contributed by atoms with E-state index in [1.54, 1.807) is 0 Å². The van der Waals surface area contributed by atoms with Crippen molar-refractivity contribution >= 4 is 11.6 Å². The lowest BCUT2D eigenvalue weighted by atomic mass is 9.99. The fourth-order valence-electron chi connectivity index (χ4n) is 3.63. The highest BCUT2D eigenvalue weighted by atomic mass is 16.5. The summed E-state index contributed by atoms with van der Waals surface area (Å²) >= 11 is 0. The second-order valence-corrected chi connectivity index (χ2v) is 7.63. The van der Waals surface area contributed by atoms with Crippen LogP contribution in [0.3, 0.4) is 0 Å². The number of rotatable bonds is 6. The normalized spacial score (nSPS) is 18.0. The molecule has 144 valence electrons. The zero-order valence-corrected chi connectivity index (χ0v) is 16.6.